The molecule has 1 unspecified atom stereocenters. The van der Waals surface area contributed by atoms with Gasteiger partial charge in [0.05, 0.1) is 6.61 Å². The van der Waals surface area contributed by atoms with E-state index in [4.69, 9.17) is 15.6 Å². The van der Waals surface area contributed by atoms with Gasteiger partial charge in [-0.3, -0.25) is 4.79 Å². The summed E-state index contributed by atoms with van der Waals surface area (Å²) in [5.74, 6) is -0.200. The van der Waals surface area contributed by atoms with E-state index >= 15 is 0 Å². The van der Waals surface area contributed by atoms with Crippen LogP contribution in [0.1, 0.15) is 12.5 Å². The smallest absolute Gasteiger partial charge is 0.320 e. The Kier molecular flexibility index (Phi) is 6.53. The number of hydrogen-bond acceptors (Lipinski definition) is 3. The van der Waals surface area contributed by atoms with Gasteiger partial charge in [-0.25, -0.2) is 0 Å². The number of ether oxygens (including phenoxy) is 1. The molecule has 1 atom stereocenters. The lowest BCUT2D eigenvalue weighted by atomic mass is 10.1. The normalized spacial score (nSPS) is 11.4. The van der Waals surface area contributed by atoms with Gasteiger partial charge in [0, 0.05) is 0 Å². The van der Waals surface area contributed by atoms with Crippen molar-refractivity contribution >= 4 is 18.4 Å². The van der Waals surface area contributed by atoms with Crippen molar-refractivity contribution in [1.82, 2.24) is 0 Å². The minimum atomic E-state index is -0.983. The SMILES string of the molecule is CCOc1ccc(CC(N)C(=O)O)cc1.Cl. The number of benzene rings is 1. The fraction of sp³-hybridized carbons (Fsp3) is 0.364. The molecule has 16 heavy (non-hydrogen) atoms. The quantitative estimate of drug-likeness (QED) is 0.824. The Bertz CT molecular complexity index is 327. The zero-order chi connectivity index (χ0) is 11.3. The van der Waals surface area contributed by atoms with E-state index in [2.05, 4.69) is 0 Å². The molecule has 0 aliphatic heterocycles. The van der Waals surface area contributed by atoms with Crippen molar-refractivity contribution in [2.45, 2.75) is 19.4 Å². The number of carboxylic acids is 1. The van der Waals surface area contributed by atoms with Crippen LogP contribution in [0.25, 0.3) is 0 Å². The van der Waals surface area contributed by atoms with Crippen LogP contribution in [0.3, 0.4) is 0 Å². The number of halogens is 1. The summed E-state index contributed by atoms with van der Waals surface area (Å²) in [6, 6.07) is 6.44. The number of rotatable bonds is 5. The van der Waals surface area contributed by atoms with Crippen LogP contribution in [0.15, 0.2) is 24.3 Å². The zero-order valence-electron chi connectivity index (χ0n) is 9.05. The van der Waals surface area contributed by atoms with E-state index in [0.717, 1.165) is 11.3 Å². The van der Waals surface area contributed by atoms with Gasteiger partial charge in [-0.05, 0) is 31.0 Å². The molecule has 0 saturated carbocycles. The highest BCUT2D eigenvalue weighted by molar-refractivity contribution is 5.85. The van der Waals surface area contributed by atoms with Crippen LogP contribution in [-0.4, -0.2) is 23.7 Å². The molecule has 5 heteroatoms. The molecular weight excluding hydrogens is 230 g/mol. The maximum Gasteiger partial charge on any atom is 0.320 e. The molecule has 0 aliphatic rings. The highest BCUT2D eigenvalue weighted by Gasteiger charge is 2.11. The second kappa shape index (κ2) is 7.09. The summed E-state index contributed by atoms with van der Waals surface area (Å²) in [7, 11) is 0. The summed E-state index contributed by atoms with van der Waals surface area (Å²) in [6.07, 6.45) is 0.335. The molecule has 0 fully saturated rings. The summed E-state index contributed by atoms with van der Waals surface area (Å²) < 4.78 is 5.27. The Balaban J connectivity index is 0.00000225. The lowest BCUT2D eigenvalue weighted by Gasteiger charge is -2.07. The lowest BCUT2D eigenvalue weighted by molar-refractivity contribution is -0.138. The fourth-order valence-corrected chi connectivity index (χ4v) is 1.23. The Hall–Kier alpha value is -1.26. The Morgan fingerprint density at radius 1 is 1.44 bits per heavy atom. The summed E-state index contributed by atoms with van der Waals surface area (Å²) >= 11 is 0. The van der Waals surface area contributed by atoms with Crippen LogP contribution < -0.4 is 10.5 Å². The van der Waals surface area contributed by atoms with Crippen molar-refractivity contribution in [3.63, 3.8) is 0 Å². The Morgan fingerprint density at radius 3 is 2.44 bits per heavy atom. The molecule has 0 heterocycles. The number of aliphatic carboxylic acids is 1. The maximum atomic E-state index is 10.5. The summed E-state index contributed by atoms with van der Waals surface area (Å²) in [6.45, 7) is 2.53. The van der Waals surface area contributed by atoms with E-state index in [1.807, 2.05) is 31.2 Å². The van der Waals surface area contributed by atoms with E-state index < -0.39 is 12.0 Å². The van der Waals surface area contributed by atoms with Gasteiger partial charge in [-0.1, -0.05) is 12.1 Å². The van der Waals surface area contributed by atoms with Gasteiger partial charge in [0.1, 0.15) is 11.8 Å². The van der Waals surface area contributed by atoms with Crippen LogP contribution in [0, 0.1) is 0 Å². The minimum absolute atomic E-state index is 0. The molecular formula is C11H16ClNO3. The van der Waals surface area contributed by atoms with Gasteiger partial charge < -0.3 is 15.6 Å². The zero-order valence-corrected chi connectivity index (χ0v) is 9.87. The monoisotopic (exact) mass is 245 g/mol. The standard InChI is InChI=1S/C11H15NO3.ClH/c1-2-15-9-5-3-8(4-6-9)7-10(12)11(13)14;/h3-6,10H,2,7,12H2,1H3,(H,13,14);1H. The summed E-state index contributed by atoms with van der Waals surface area (Å²) in [5.41, 5.74) is 6.31. The summed E-state index contributed by atoms with van der Waals surface area (Å²) in [4.78, 5) is 10.5. The first-order valence-corrected chi connectivity index (χ1v) is 4.83. The molecule has 0 aliphatic carbocycles. The largest absolute Gasteiger partial charge is 0.494 e. The third-order valence-electron chi connectivity index (χ3n) is 2.01. The maximum absolute atomic E-state index is 10.5. The molecule has 0 spiro atoms. The Labute approximate surface area is 101 Å². The van der Waals surface area contributed by atoms with Gasteiger partial charge in [0.2, 0.25) is 0 Å². The van der Waals surface area contributed by atoms with Crippen LogP contribution in [0.4, 0.5) is 0 Å². The first kappa shape index (κ1) is 14.7. The second-order valence-corrected chi connectivity index (χ2v) is 3.23. The molecule has 0 aromatic heterocycles. The number of carboxylic acid groups (broad SMARTS) is 1. The molecule has 0 radical (unpaired) electrons. The molecule has 90 valence electrons. The highest BCUT2D eigenvalue weighted by Crippen LogP contribution is 2.12. The van der Waals surface area contributed by atoms with Crippen LogP contribution >= 0.6 is 12.4 Å². The van der Waals surface area contributed by atoms with Crippen LogP contribution in [0.5, 0.6) is 5.75 Å². The average molecular weight is 246 g/mol. The minimum Gasteiger partial charge on any atom is -0.494 e. The van der Waals surface area contributed by atoms with E-state index in [9.17, 15) is 4.79 Å². The fourth-order valence-electron chi connectivity index (χ4n) is 1.23. The highest BCUT2D eigenvalue weighted by atomic mass is 35.5. The van der Waals surface area contributed by atoms with Crippen molar-refractivity contribution in [2.24, 2.45) is 5.73 Å². The van der Waals surface area contributed by atoms with Crippen molar-refractivity contribution in [2.75, 3.05) is 6.61 Å². The third kappa shape index (κ3) is 4.51. The van der Waals surface area contributed by atoms with Gasteiger partial charge >= 0.3 is 5.97 Å². The van der Waals surface area contributed by atoms with Crippen molar-refractivity contribution in [1.29, 1.82) is 0 Å². The topological polar surface area (TPSA) is 72.5 Å². The molecule has 0 bridgehead atoms. The van der Waals surface area contributed by atoms with E-state index in [1.54, 1.807) is 0 Å². The molecule has 1 rings (SSSR count). The average Bonchev–Trinajstić information content (AvgIpc) is 2.21. The molecule has 1 aromatic carbocycles. The molecule has 4 nitrogen and oxygen atoms in total. The predicted molar refractivity (Wildman–Crippen MR) is 64.2 cm³/mol. The number of hydrogen-bond donors (Lipinski definition) is 2. The third-order valence-corrected chi connectivity index (χ3v) is 2.01. The van der Waals surface area contributed by atoms with Gasteiger partial charge in [-0.2, -0.15) is 0 Å². The van der Waals surface area contributed by atoms with Crippen molar-refractivity contribution in [3.05, 3.63) is 29.8 Å². The predicted octanol–water partition coefficient (Wildman–Crippen LogP) is 1.46. The van der Waals surface area contributed by atoms with Crippen LogP contribution in [-0.2, 0) is 11.2 Å². The number of nitrogens with two attached hydrogens (primary N) is 1. The van der Waals surface area contributed by atoms with E-state index in [-0.39, 0.29) is 12.4 Å². The van der Waals surface area contributed by atoms with Gasteiger partial charge in [-0.15, -0.1) is 12.4 Å². The molecule has 0 saturated heterocycles. The number of carbonyl (C=O) groups is 1. The first-order chi connectivity index (χ1) is 7.13. The second-order valence-electron chi connectivity index (χ2n) is 3.23. The molecule has 3 N–H and O–H groups in total. The molecule has 0 amide bonds. The molecule has 1 aromatic rings. The Morgan fingerprint density at radius 2 is 2.00 bits per heavy atom. The van der Waals surface area contributed by atoms with E-state index in [1.165, 1.54) is 0 Å². The van der Waals surface area contributed by atoms with Crippen molar-refractivity contribution < 1.29 is 14.6 Å². The summed E-state index contributed by atoms with van der Waals surface area (Å²) in [5, 5.41) is 8.63. The lowest BCUT2D eigenvalue weighted by Crippen LogP contribution is -2.32. The van der Waals surface area contributed by atoms with Gasteiger partial charge in [0.15, 0.2) is 0 Å². The van der Waals surface area contributed by atoms with E-state index in [0.29, 0.717) is 13.0 Å². The van der Waals surface area contributed by atoms with Crippen molar-refractivity contribution in [3.8, 4) is 5.75 Å². The van der Waals surface area contributed by atoms with Crippen LogP contribution in [0.2, 0.25) is 0 Å². The first-order valence-electron chi connectivity index (χ1n) is 4.83. The van der Waals surface area contributed by atoms with Gasteiger partial charge in [0.25, 0.3) is 0 Å².